The molecule has 0 radical (unpaired) electrons. The van der Waals surface area contributed by atoms with Gasteiger partial charge in [0.15, 0.2) is 0 Å². The molecule has 1 unspecified atom stereocenters. The second-order valence-electron chi connectivity index (χ2n) is 5.24. The predicted octanol–water partition coefficient (Wildman–Crippen LogP) is 1.33. The normalized spacial score (nSPS) is 17.1. The minimum Gasteiger partial charge on any atom is -0.385 e. The SMILES string of the molecule is COCCC(C)n1nnc(CCN)c1CC1CC1. The van der Waals surface area contributed by atoms with Crippen molar-refractivity contribution in [2.45, 2.75) is 45.1 Å². The number of hydrogen-bond acceptors (Lipinski definition) is 4. The quantitative estimate of drug-likeness (QED) is 0.758. The van der Waals surface area contributed by atoms with Crippen LogP contribution in [0.1, 0.15) is 43.6 Å². The van der Waals surface area contributed by atoms with E-state index in [0.717, 1.165) is 37.5 Å². The van der Waals surface area contributed by atoms with Crippen LogP contribution in [0.5, 0.6) is 0 Å². The van der Waals surface area contributed by atoms with Crippen LogP contribution in [0.25, 0.3) is 0 Å². The minimum atomic E-state index is 0.345. The van der Waals surface area contributed by atoms with Crippen molar-refractivity contribution in [3.63, 3.8) is 0 Å². The third-order valence-corrected chi connectivity index (χ3v) is 3.59. The van der Waals surface area contributed by atoms with Crippen molar-refractivity contribution in [2.24, 2.45) is 11.7 Å². The fraction of sp³-hybridized carbons (Fsp3) is 0.846. The summed E-state index contributed by atoms with van der Waals surface area (Å²) in [7, 11) is 1.74. The van der Waals surface area contributed by atoms with Crippen molar-refractivity contribution >= 4 is 0 Å². The number of ether oxygens (including phenoxy) is 1. The van der Waals surface area contributed by atoms with Crippen molar-refractivity contribution in [2.75, 3.05) is 20.3 Å². The molecule has 0 amide bonds. The summed E-state index contributed by atoms with van der Waals surface area (Å²) >= 11 is 0. The molecule has 1 atom stereocenters. The molecule has 1 fully saturated rings. The Morgan fingerprint density at radius 1 is 1.50 bits per heavy atom. The minimum absolute atomic E-state index is 0.345. The maximum absolute atomic E-state index is 5.64. The zero-order chi connectivity index (χ0) is 13.0. The Bertz CT molecular complexity index is 373. The zero-order valence-corrected chi connectivity index (χ0v) is 11.4. The number of nitrogens with two attached hydrogens (primary N) is 1. The molecular weight excluding hydrogens is 228 g/mol. The van der Waals surface area contributed by atoms with Gasteiger partial charge in [0.05, 0.1) is 17.4 Å². The summed E-state index contributed by atoms with van der Waals surface area (Å²) in [5, 5.41) is 8.63. The number of rotatable bonds is 8. The van der Waals surface area contributed by atoms with E-state index in [0.29, 0.717) is 12.6 Å². The van der Waals surface area contributed by atoms with Crippen molar-refractivity contribution in [3.8, 4) is 0 Å². The molecule has 0 bridgehead atoms. The molecule has 2 N–H and O–H groups in total. The molecule has 0 aliphatic heterocycles. The molecular formula is C13H24N4O. The molecule has 18 heavy (non-hydrogen) atoms. The van der Waals surface area contributed by atoms with E-state index in [-0.39, 0.29) is 0 Å². The topological polar surface area (TPSA) is 66.0 Å². The molecule has 1 aromatic rings. The second-order valence-corrected chi connectivity index (χ2v) is 5.24. The van der Waals surface area contributed by atoms with E-state index in [1.165, 1.54) is 18.5 Å². The average molecular weight is 252 g/mol. The van der Waals surface area contributed by atoms with Gasteiger partial charge >= 0.3 is 0 Å². The van der Waals surface area contributed by atoms with Crippen LogP contribution in [0.4, 0.5) is 0 Å². The summed E-state index contributed by atoms with van der Waals surface area (Å²) in [6.45, 7) is 3.58. The Balaban J connectivity index is 2.11. The van der Waals surface area contributed by atoms with Crippen molar-refractivity contribution < 1.29 is 4.74 Å². The Morgan fingerprint density at radius 3 is 2.89 bits per heavy atom. The van der Waals surface area contributed by atoms with Gasteiger partial charge in [0.1, 0.15) is 0 Å². The van der Waals surface area contributed by atoms with E-state index in [2.05, 4.69) is 21.9 Å². The maximum atomic E-state index is 5.64. The molecule has 2 rings (SSSR count). The number of methoxy groups -OCH3 is 1. The Hall–Kier alpha value is -0.940. The first-order valence-corrected chi connectivity index (χ1v) is 6.88. The van der Waals surface area contributed by atoms with Crippen molar-refractivity contribution in [3.05, 3.63) is 11.4 Å². The lowest BCUT2D eigenvalue weighted by Gasteiger charge is -2.14. The van der Waals surface area contributed by atoms with Crippen LogP contribution in [0.2, 0.25) is 0 Å². The molecule has 5 heteroatoms. The average Bonchev–Trinajstić information content (AvgIpc) is 3.09. The summed E-state index contributed by atoms with van der Waals surface area (Å²) < 4.78 is 7.23. The molecule has 0 saturated heterocycles. The Kier molecular flexibility index (Phi) is 4.72. The van der Waals surface area contributed by atoms with Gasteiger partial charge in [-0.15, -0.1) is 5.10 Å². The van der Waals surface area contributed by atoms with E-state index in [1.54, 1.807) is 7.11 Å². The van der Waals surface area contributed by atoms with Crippen LogP contribution < -0.4 is 5.73 Å². The smallest absolute Gasteiger partial charge is 0.0871 e. The second kappa shape index (κ2) is 6.29. The van der Waals surface area contributed by atoms with Gasteiger partial charge < -0.3 is 10.5 Å². The molecule has 5 nitrogen and oxygen atoms in total. The number of nitrogens with zero attached hydrogens (tertiary/aromatic N) is 3. The third-order valence-electron chi connectivity index (χ3n) is 3.59. The van der Waals surface area contributed by atoms with Gasteiger partial charge in [-0.05, 0) is 45.1 Å². The summed E-state index contributed by atoms with van der Waals surface area (Å²) in [6, 6.07) is 0.345. The summed E-state index contributed by atoms with van der Waals surface area (Å²) in [6.07, 6.45) is 5.61. The Labute approximate surface area is 109 Å². The molecule has 1 aromatic heterocycles. The van der Waals surface area contributed by atoms with Gasteiger partial charge in [0.25, 0.3) is 0 Å². The van der Waals surface area contributed by atoms with Gasteiger partial charge in [-0.1, -0.05) is 5.21 Å². The first kappa shape index (κ1) is 13.5. The van der Waals surface area contributed by atoms with E-state index >= 15 is 0 Å². The Morgan fingerprint density at radius 2 is 2.28 bits per heavy atom. The van der Waals surface area contributed by atoms with Gasteiger partial charge in [0.2, 0.25) is 0 Å². The van der Waals surface area contributed by atoms with E-state index in [4.69, 9.17) is 10.5 Å². The molecule has 0 spiro atoms. The van der Waals surface area contributed by atoms with Gasteiger partial charge in [0, 0.05) is 20.1 Å². The molecule has 1 aliphatic carbocycles. The van der Waals surface area contributed by atoms with Crippen LogP contribution in [-0.4, -0.2) is 35.3 Å². The van der Waals surface area contributed by atoms with Crippen molar-refractivity contribution in [1.29, 1.82) is 0 Å². The van der Waals surface area contributed by atoms with Gasteiger partial charge in [-0.2, -0.15) is 0 Å². The molecule has 0 aromatic carbocycles. The van der Waals surface area contributed by atoms with Crippen LogP contribution in [0.15, 0.2) is 0 Å². The van der Waals surface area contributed by atoms with Gasteiger partial charge in [-0.3, -0.25) is 0 Å². The fourth-order valence-electron chi connectivity index (χ4n) is 2.25. The van der Waals surface area contributed by atoms with Crippen LogP contribution in [-0.2, 0) is 17.6 Å². The first-order chi connectivity index (χ1) is 8.76. The van der Waals surface area contributed by atoms with Crippen LogP contribution in [0.3, 0.4) is 0 Å². The summed E-state index contributed by atoms with van der Waals surface area (Å²) in [4.78, 5) is 0. The predicted molar refractivity (Wildman–Crippen MR) is 70.4 cm³/mol. The highest BCUT2D eigenvalue weighted by Gasteiger charge is 2.26. The lowest BCUT2D eigenvalue weighted by atomic mass is 10.1. The number of hydrogen-bond donors (Lipinski definition) is 1. The van der Waals surface area contributed by atoms with Gasteiger partial charge in [-0.25, -0.2) is 4.68 Å². The van der Waals surface area contributed by atoms with Crippen LogP contribution >= 0.6 is 0 Å². The number of aromatic nitrogens is 3. The maximum Gasteiger partial charge on any atom is 0.0871 e. The van der Waals surface area contributed by atoms with E-state index in [1.807, 2.05) is 0 Å². The summed E-state index contributed by atoms with van der Waals surface area (Å²) in [5.74, 6) is 0.841. The standard InChI is InChI=1S/C13H24N4O/c1-10(6-8-18-2)17-13(9-11-3-4-11)12(5-7-14)15-16-17/h10-11H,3-9,14H2,1-2H3. The van der Waals surface area contributed by atoms with Crippen molar-refractivity contribution in [1.82, 2.24) is 15.0 Å². The molecule has 102 valence electrons. The third kappa shape index (κ3) is 3.29. The monoisotopic (exact) mass is 252 g/mol. The van der Waals surface area contributed by atoms with E-state index in [9.17, 15) is 0 Å². The van der Waals surface area contributed by atoms with E-state index < -0.39 is 0 Å². The zero-order valence-electron chi connectivity index (χ0n) is 11.4. The molecule has 1 saturated carbocycles. The van der Waals surface area contributed by atoms with Crippen LogP contribution in [0, 0.1) is 5.92 Å². The first-order valence-electron chi connectivity index (χ1n) is 6.88. The highest BCUT2D eigenvalue weighted by molar-refractivity contribution is 5.13. The highest BCUT2D eigenvalue weighted by Crippen LogP contribution is 2.34. The lowest BCUT2D eigenvalue weighted by Crippen LogP contribution is -2.14. The fourth-order valence-corrected chi connectivity index (χ4v) is 2.25. The lowest BCUT2D eigenvalue weighted by molar-refractivity contribution is 0.177. The summed E-state index contributed by atoms with van der Waals surface area (Å²) in [5.41, 5.74) is 8.03. The molecule has 1 aliphatic rings. The highest BCUT2D eigenvalue weighted by atomic mass is 16.5. The molecule has 1 heterocycles. The largest absolute Gasteiger partial charge is 0.385 e.